The summed E-state index contributed by atoms with van der Waals surface area (Å²) in [5.41, 5.74) is 21.8. The number of benzene rings is 13. The molecule has 3 heteroatoms. The van der Waals surface area contributed by atoms with Crippen molar-refractivity contribution < 1.29 is 0 Å². The molecule has 1 spiro atoms. The van der Waals surface area contributed by atoms with Gasteiger partial charge in [-0.3, -0.25) is 0 Å². The van der Waals surface area contributed by atoms with Crippen molar-refractivity contribution in [2.45, 2.75) is 5.41 Å². The third-order valence-corrected chi connectivity index (χ3v) is 16.7. The molecule has 0 amide bonds. The van der Waals surface area contributed by atoms with E-state index in [0.29, 0.717) is 0 Å². The van der Waals surface area contributed by atoms with E-state index in [2.05, 4.69) is 312 Å². The van der Waals surface area contributed by atoms with Gasteiger partial charge in [0.1, 0.15) is 0 Å². The van der Waals surface area contributed by atoms with Crippen LogP contribution in [0.1, 0.15) is 22.3 Å². The number of hydrogen-bond donors (Lipinski definition) is 0. The van der Waals surface area contributed by atoms with Crippen LogP contribution in [0.15, 0.2) is 297 Å². The number of anilines is 6. The second-order valence-corrected chi connectivity index (χ2v) is 20.7. The molecule has 3 nitrogen and oxygen atoms in total. The van der Waals surface area contributed by atoms with Crippen molar-refractivity contribution in [3.63, 3.8) is 0 Å². The molecule has 0 N–H and O–H groups in total. The molecule has 0 bridgehead atoms. The molecule has 0 radical (unpaired) electrons. The summed E-state index contributed by atoms with van der Waals surface area (Å²) < 4.78 is 2.55. The van der Waals surface area contributed by atoms with E-state index in [9.17, 15) is 0 Å². The van der Waals surface area contributed by atoms with E-state index in [0.717, 1.165) is 34.1 Å². The van der Waals surface area contributed by atoms with Gasteiger partial charge in [-0.25, -0.2) is 0 Å². The van der Waals surface area contributed by atoms with Crippen LogP contribution in [0.5, 0.6) is 0 Å². The second kappa shape index (κ2) is 17.4. The maximum atomic E-state index is 2.58. The molecule has 2 aliphatic rings. The third kappa shape index (κ3) is 6.39. The Morgan fingerprint density at radius 1 is 0.256 bits per heavy atom. The van der Waals surface area contributed by atoms with Crippen molar-refractivity contribution in [3.05, 3.63) is 320 Å². The van der Waals surface area contributed by atoms with Gasteiger partial charge in [-0.15, -0.1) is 0 Å². The molecule has 16 rings (SSSR count). The van der Waals surface area contributed by atoms with E-state index in [4.69, 9.17) is 0 Å². The predicted molar refractivity (Wildman–Crippen MR) is 327 cm³/mol. The zero-order valence-electron chi connectivity index (χ0n) is 42.6. The summed E-state index contributed by atoms with van der Waals surface area (Å²) in [5, 5.41) is 7.31. The average Bonchev–Trinajstić information content (AvgIpc) is 2.52. The Bertz CT molecular complexity index is 4420. The molecular weight excluding hydrogens is 943 g/mol. The van der Waals surface area contributed by atoms with E-state index in [-0.39, 0.29) is 0 Å². The Hall–Kier alpha value is -10.2. The first-order chi connectivity index (χ1) is 38.7. The number of aromatic nitrogens is 1. The first-order valence-corrected chi connectivity index (χ1v) is 27.0. The van der Waals surface area contributed by atoms with E-state index in [1.165, 1.54) is 105 Å². The Morgan fingerprint density at radius 3 is 1.14 bits per heavy atom. The fourth-order valence-electron chi connectivity index (χ4n) is 13.5. The first-order valence-electron chi connectivity index (χ1n) is 27.0. The van der Waals surface area contributed by atoms with Gasteiger partial charge in [0.05, 0.1) is 33.5 Å². The molecular formula is C75H49N3. The lowest BCUT2D eigenvalue weighted by atomic mass is 9.65. The van der Waals surface area contributed by atoms with Gasteiger partial charge >= 0.3 is 0 Å². The average molecular weight is 992 g/mol. The third-order valence-electron chi connectivity index (χ3n) is 16.7. The minimum atomic E-state index is -0.790. The Balaban J connectivity index is 1.05. The van der Waals surface area contributed by atoms with Crippen molar-refractivity contribution in [1.29, 1.82) is 0 Å². The van der Waals surface area contributed by atoms with Gasteiger partial charge in [0, 0.05) is 44.3 Å². The van der Waals surface area contributed by atoms with Crippen molar-refractivity contribution in [3.8, 4) is 39.1 Å². The van der Waals surface area contributed by atoms with Gasteiger partial charge in [0.15, 0.2) is 0 Å². The first kappa shape index (κ1) is 44.1. The summed E-state index contributed by atoms with van der Waals surface area (Å²) in [6, 6.07) is 110. The lowest BCUT2D eigenvalue weighted by Gasteiger charge is -2.40. The smallest absolute Gasteiger partial charge is 0.0756 e. The highest BCUT2D eigenvalue weighted by molar-refractivity contribution is 6.20. The molecule has 14 aromatic rings. The van der Waals surface area contributed by atoms with Gasteiger partial charge in [0.2, 0.25) is 0 Å². The number of hydrogen-bond acceptors (Lipinski definition) is 2. The molecule has 2 heterocycles. The van der Waals surface area contributed by atoms with Gasteiger partial charge < -0.3 is 14.4 Å². The van der Waals surface area contributed by atoms with E-state index >= 15 is 0 Å². The van der Waals surface area contributed by atoms with Crippen LogP contribution in [0.2, 0.25) is 0 Å². The molecule has 0 atom stereocenters. The van der Waals surface area contributed by atoms with Gasteiger partial charge in [-0.2, -0.15) is 0 Å². The van der Waals surface area contributed by atoms with Crippen LogP contribution in [0.25, 0.3) is 82.4 Å². The van der Waals surface area contributed by atoms with E-state index in [1.807, 2.05) is 0 Å². The highest BCUT2D eigenvalue weighted by Gasteiger charge is 2.53. The summed E-state index contributed by atoms with van der Waals surface area (Å²) in [7, 11) is 0. The van der Waals surface area contributed by atoms with Gasteiger partial charge in [-0.1, -0.05) is 224 Å². The van der Waals surface area contributed by atoms with E-state index < -0.39 is 5.41 Å². The minimum absolute atomic E-state index is 0.790. The number of rotatable bonds is 8. The van der Waals surface area contributed by atoms with Crippen molar-refractivity contribution in [2.75, 3.05) is 9.80 Å². The van der Waals surface area contributed by atoms with Crippen molar-refractivity contribution in [1.82, 2.24) is 4.57 Å². The largest absolute Gasteiger partial charge is 0.310 e. The van der Waals surface area contributed by atoms with Gasteiger partial charge in [-0.05, 0) is 139 Å². The fourth-order valence-corrected chi connectivity index (χ4v) is 13.5. The lowest BCUT2D eigenvalue weighted by Crippen LogP contribution is -2.34. The Labute approximate surface area is 453 Å². The number of para-hydroxylation sites is 5. The summed E-state index contributed by atoms with van der Waals surface area (Å²) in [5.74, 6) is 0. The summed E-state index contributed by atoms with van der Waals surface area (Å²) in [6.07, 6.45) is 0. The predicted octanol–water partition coefficient (Wildman–Crippen LogP) is 20.0. The Kier molecular flexibility index (Phi) is 9.85. The zero-order chi connectivity index (χ0) is 51.3. The maximum Gasteiger partial charge on any atom is 0.0756 e. The van der Waals surface area contributed by atoms with Crippen LogP contribution in [0.3, 0.4) is 0 Å². The summed E-state index contributed by atoms with van der Waals surface area (Å²) >= 11 is 0. The minimum Gasteiger partial charge on any atom is -0.310 e. The molecule has 0 unspecified atom stereocenters. The van der Waals surface area contributed by atoms with E-state index in [1.54, 1.807) is 0 Å². The molecule has 364 valence electrons. The van der Waals surface area contributed by atoms with Crippen LogP contribution >= 0.6 is 0 Å². The normalized spacial score (nSPS) is 12.7. The standard InChI is InChI=1S/C75H49N3/c1-5-22-50(23-6-1)52-40-44-56(45-41-52)76(54-26-9-3-10-27-54)70-48-66-72(61-33-15-13-30-58(61)70)73-62-34-16-14-31-59(62)71(77(55-28-11-4-12-29-55)57-46-42-53(43-47-57)51-24-7-2-8-25-51)49-67(73)75(66)64-36-18-20-39-69(64)78-68-38-19-17-32-60(68)63-35-21-37-65(75)74(63)78/h1-49H. The summed E-state index contributed by atoms with van der Waals surface area (Å²) in [6.45, 7) is 0. The molecule has 13 aromatic carbocycles. The molecule has 78 heavy (non-hydrogen) atoms. The van der Waals surface area contributed by atoms with Gasteiger partial charge in [0.25, 0.3) is 0 Å². The summed E-state index contributed by atoms with van der Waals surface area (Å²) in [4.78, 5) is 4.97. The number of fused-ring (bicyclic) bond motifs is 16. The van der Waals surface area contributed by atoms with Crippen LogP contribution in [0, 0.1) is 0 Å². The molecule has 1 aromatic heterocycles. The molecule has 0 fully saturated rings. The molecule has 0 saturated heterocycles. The van der Waals surface area contributed by atoms with Crippen molar-refractivity contribution in [2.24, 2.45) is 0 Å². The maximum absolute atomic E-state index is 2.58. The molecule has 1 aliphatic heterocycles. The van der Waals surface area contributed by atoms with Crippen LogP contribution in [-0.2, 0) is 5.41 Å². The highest BCUT2D eigenvalue weighted by atomic mass is 15.2. The number of nitrogens with zero attached hydrogens (tertiary/aromatic N) is 3. The quantitative estimate of drug-likeness (QED) is 0.150. The van der Waals surface area contributed by atoms with Crippen molar-refractivity contribution >= 4 is 77.5 Å². The topological polar surface area (TPSA) is 11.4 Å². The van der Waals surface area contributed by atoms with Crippen LogP contribution < -0.4 is 9.80 Å². The molecule has 0 saturated carbocycles. The lowest BCUT2D eigenvalue weighted by molar-refractivity contribution is 0.749. The highest BCUT2D eigenvalue weighted by Crippen LogP contribution is 2.66. The fraction of sp³-hybridized carbons (Fsp3) is 0.0133. The Morgan fingerprint density at radius 2 is 0.628 bits per heavy atom. The van der Waals surface area contributed by atoms with Crippen LogP contribution in [-0.4, -0.2) is 4.57 Å². The van der Waals surface area contributed by atoms with Crippen LogP contribution in [0.4, 0.5) is 34.1 Å². The second-order valence-electron chi connectivity index (χ2n) is 20.7. The monoisotopic (exact) mass is 991 g/mol. The molecule has 1 aliphatic carbocycles. The zero-order valence-corrected chi connectivity index (χ0v) is 42.6. The SMILES string of the molecule is c1ccc(-c2ccc(N(c3ccccc3)c3cc4c(c5ccccc35)-c3c(cc(N(c5ccccc5)c5ccc(-c6ccccc6)cc5)c5ccccc35)C43c4ccccc4-n4c5ccccc5c5cccc3c54)cc2)cc1.